The van der Waals surface area contributed by atoms with E-state index in [2.05, 4.69) is 39.1 Å². The van der Waals surface area contributed by atoms with E-state index in [0.717, 1.165) is 35.7 Å². The molecule has 0 saturated carbocycles. The van der Waals surface area contributed by atoms with E-state index in [1.807, 2.05) is 12.1 Å². The van der Waals surface area contributed by atoms with Crippen molar-refractivity contribution in [1.82, 2.24) is 10.2 Å². The Morgan fingerprint density at radius 2 is 2.38 bits per heavy atom. The number of halogens is 2. The molecule has 0 aromatic heterocycles. The zero-order valence-electron chi connectivity index (χ0n) is 9.34. The maximum absolute atomic E-state index is 6.22. The lowest BCUT2D eigenvalue weighted by molar-refractivity contribution is 0.165. The van der Waals surface area contributed by atoms with Crippen LogP contribution in [0.3, 0.4) is 0 Å². The number of hydrogen-bond acceptors (Lipinski definition) is 2. The smallest absolute Gasteiger partial charge is 0.0462 e. The van der Waals surface area contributed by atoms with Crippen LogP contribution in [0.2, 0.25) is 5.02 Å². The standard InChI is InChI=1S/C12H16BrClN2/c1-9-7-15-4-5-16(9)8-10-2-3-11(13)6-12(10)14/h2-3,6,9,15H,4-5,7-8H2,1H3/t9-/m1/s1. The lowest BCUT2D eigenvalue weighted by Gasteiger charge is -2.34. The highest BCUT2D eigenvalue weighted by Crippen LogP contribution is 2.23. The van der Waals surface area contributed by atoms with Gasteiger partial charge in [0, 0.05) is 41.7 Å². The van der Waals surface area contributed by atoms with Crippen molar-refractivity contribution in [2.75, 3.05) is 19.6 Å². The van der Waals surface area contributed by atoms with Crippen molar-refractivity contribution in [2.24, 2.45) is 0 Å². The fourth-order valence-electron chi connectivity index (χ4n) is 1.99. The lowest BCUT2D eigenvalue weighted by atomic mass is 10.1. The number of hydrogen-bond donors (Lipinski definition) is 1. The van der Waals surface area contributed by atoms with Crippen molar-refractivity contribution >= 4 is 27.5 Å². The predicted octanol–water partition coefficient (Wildman–Crippen LogP) is 2.90. The van der Waals surface area contributed by atoms with Gasteiger partial charge in [0.05, 0.1) is 0 Å². The zero-order chi connectivity index (χ0) is 11.5. The van der Waals surface area contributed by atoms with E-state index in [1.54, 1.807) is 0 Å². The molecule has 2 rings (SSSR count). The first kappa shape index (κ1) is 12.4. The monoisotopic (exact) mass is 302 g/mol. The van der Waals surface area contributed by atoms with E-state index in [4.69, 9.17) is 11.6 Å². The highest BCUT2D eigenvalue weighted by atomic mass is 79.9. The van der Waals surface area contributed by atoms with Gasteiger partial charge in [0.1, 0.15) is 0 Å². The van der Waals surface area contributed by atoms with Crippen LogP contribution in [0.1, 0.15) is 12.5 Å². The molecule has 0 aliphatic carbocycles. The van der Waals surface area contributed by atoms with Gasteiger partial charge in [0.2, 0.25) is 0 Å². The Morgan fingerprint density at radius 3 is 3.06 bits per heavy atom. The molecule has 1 heterocycles. The summed E-state index contributed by atoms with van der Waals surface area (Å²) in [6, 6.07) is 6.69. The van der Waals surface area contributed by atoms with Gasteiger partial charge >= 0.3 is 0 Å². The van der Waals surface area contributed by atoms with E-state index >= 15 is 0 Å². The molecule has 16 heavy (non-hydrogen) atoms. The quantitative estimate of drug-likeness (QED) is 0.904. The average Bonchev–Trinajstić information content (AvgIpc) is 2.25. The van der Waals surface area contributed by atoms with Gasteiger partial charge in [-0.15, -0.1) is 0 Å². The molecule has 1 aromatic rings. The first-order chi connectivity index (χ1) is 7.66. The van der Waals surface area contributed by atoms with Gasteiger partial charge in [-0.05, 0) is 24.6 Å². The summed E-state index contributed by atoms with van der Waals surface area (Å²) in [5, 5.41) is 4.24. The molecular formula is C12H16BrClN2. The van der Waals surface area contributed by atoms with Crippen LogP contribution in [0.15, 0.2) is 22.7 Å². The lowest BCUT2D eigenvalue weighted by Crippen LogP contribution is -2.49. The number of nitrogens with one attached hydrogen (secondary N) is 1. The van der Waals surface area contributed by atoms with Crippen molar-refractivity contribution in [1.29, 1.82) is 0 Å². The molecule has 88 valence electrons. The van der Waals surface area contributed by atoms with Gasteiger partial charge in [-0.25, -0.2) is 0 Å². The van der Waals surface area contributed by atoms with Gasteiger partial charge in [0.25, 0.3) is 0 Å². The van der Waals surface area contributed by atoms with Crippen LogP contribution < -0.4 is 5.32 Å². The Balaban J connectivity index is 2.07. The van der Waals surface area contributed by atoms with Crippen LogP contribution >= 0.6 is 27.5 Å². The summed E-state index contributed by atoms with van der Waals surface area (Å²) in [7, 11) is 0. The third kappa shape index (κ3) is 2.98. The molecule has 0 bridgehead atoms. The molecule has 1 aliphatic heterocycles. The molecule has 0 spiro atoms. The summed E-state index contributed by atoms with van der Waals surface area (Å²) in [4.78, 5) is 2.46. The van der Waals surface area contributed by atoms with E-state index in [9.17, 15) is 0 Å². The Hall–Kier alpha value is -0.0900. The number of nitrogens with zero attached hydrogens (tertiary/aromatic N) is 1. The molecule has 1 aromatic carbocycles. The van der Waals surface area contributed by atoms with Crippen LogP contribution in [0.5, 0.6) is 0 Å². The van der Waals surface area contributed by atoms with Crippen LogP contribution in [0.25, 0.3) is 0 Å². The first-order valence-electron chi connectivity index (χ1n) is 5.55. The molecule has 1 fully saturated rings. The Kier molecular flexibility index (Phi) is 4.25. The predicted molar refractivity (Wildman–Crippen MR) is 71.9 cm³/mol. The average molecular weight is 304 g/mol. The molecule has 2 nitrogen and oxygen atoms in total. The van der Waals surface area contributed by atoms with E-state index in [0.29, 0.717) is 6.04 Å². The fourth-order valence-corrected chi connectivity index (χ4v) is 2.72. The van der Waals surface area contributed by atoms with Crippen LogP contribution in [-0.2, 0) is 6.54 Å². The fraction of sp³-hybridized carbons (Fsp3) is 0.500. The van der Waals surface area contributed by atoms with Gasteiger partial charge in [-0.1, -0.05) is 33.6 Å². The molecule has 4 heteroatoms. The van der Waals surface area contributed by atoms with Crippen LogP contribution in [0, 0.1) is 0 Å². The maximum atomic E-state index is 6.22. The van der Waals surface area contributed by atoms with Gasteiger partial charge in [-0.3, -0.25) is 4.90 Å². The Morgan fingerprint density at radius 1 is 1.56 bits per heavy atom. The second-order valence-corrected chi connectivity index (χ2v) is 5.58. The summed E-state index contributed by atoms with van der Waals surface area (Å²) in [5.41, 5.74) is 1.21. The molecule has 1 atom stereocenters. The molecule has 1 saturated heterocycles. The largest absolute Gasteiger partial charge is 0.314 e. The van der Waals surface area contributed by atoms with Gasteiger partial charge in [0.15, 0.2) is 0 Å². The number of piperazine rings is 1. The minimum atomic E-state index is 0.577. The maximum Gasteiger partial charge on any atom is 0.0462 e. The molecule has 0 radical (unpaired) electrons. The summed E-state index contributed by atoms with van der Waals surface area (Å²) in [6.45, 7) is 6.41. The normalized spacial score (nSPS) is 22.3. The minimum Gasteiger partial charge on any atom is -0.314 e. The SMILES string of the molecule is C[C@@H]1CNCCN1Cc1ccc(Br)cc1Cl. The summed E-state index contributed by atoms with van der Waals surface area (Å²) in [6.07, 6.45) is 0. The van der Waals surface area contributed by atoms with Crippen LogP contribution in [0.4, 0.5) is 0 Å². The molecule has 0 amide bonds. The summed E-state index contributed by atoms with van der Waals surface area (Å²) in [5.74, 6) is 0. The Labute approximate surface area is 110 Å². The van der Waals surface area contributed by atoms with Gasteiger partial charge in [-0.2, -0.15) is 0 Å². The van der Waals surface area contributed by atoms with Crippen molar-refractivity contribution < 1.29 is 0 Å². The first-order valence-corrected chi connectivity index (χ1v) is 6.72. The molecular weight excluding hydrogens is 288 g/mol. The Bertz CT molecular complexity index is 370. The van der Waals surface area contributed by atoms with Crippen LogP contribution in [-0.4, -0.2) is 30.6 Å². The molecule has 0 unspecified atom stereocenters. The van der Waals surface area contributed by atoms with Crippen molar-refractivity contribution in [3.8, 4) is 0 Å². The second kappa shape index (κ2) is 5.50. The molecule has 1 N–H and O–H groups in total. The van der Waals surface area contributed by atoms with E-state index in [1.165, 1.54) is 5.56 Å². The van der Waals surface area contributed by atoms with Gasteiger partial charge < -0.3 is 5.32 Å². The van der Waals surface area contributed by atoms with E-state index in [-0.39, 0.29) is 0 Å². The summed E-state index contributed by atoms with van der Waals surface area (Å²) < 4.78 is 1.04. The zero-order valence-corrected chi connectivity index (χ0v) is 11.7. The number of rotatable bonds is 2. The highest BCUT2D eigenvalue weighted by Gasteiger charge is 2.18. The third-order valence-corrected chi connectivity index (χ3v) is 3.87. The van der Waals surface area contributed by atoms with E-state index < -0.39 is 0 Å². The second-order valence-electron chi connectivity index (χ2n) is 4.26. The highest BCUT2D eigenvalue weighted by molar-refractivity contribution is 9.10. The topological polar surface area (TPSA) is 15.3 Å². The number of benzene rings is 1. The molecule has 1 aliphatic rings. The van der Waals surface area contributed by atoms with Crippen molar-refractivity contribution in [3.05, 3.63) is 33.3 Å². The third-order valence-electron chi connectivity index (χ3n) is 3.03. The minimum absolute atomic E-state index is 0.577. The summed E-state index contributed by atoms with van der Waals surface area (Å²) >= 11 is 9.65. The van der Waals surface area contributed by atoms with Crippen molar-refractivity contribution in [2.45, 2.75) is 19.5 Å². The van der Waals surface area contributed by atoms with Crippen molar-refractivity contribution in [3.63, 3.8) is 0 Å².